The summed E-state index contributed by atoms with van der Waals surface area (Å²) in [6.07, 6.45) is -0.0166. The van der Waals surface area contributed by atoms with Gasteiger partial charge in [-0.25, -0.2) is 0 Å². The molecule has 0 saturated carbocycles. The normalized spacial score (nSPS) is 16.8. The summed E-state index contributed by atoms with van der Waals surface area (Å²) in [6.45, 7) is 6.06. The minimum Gasteiger partial charge on any atom is -0.507 e. The number of methoxy groups -OCH3 is 1. The molecule has 1 aliphatic rings. The van der Waals surface area contributed by atoms with Gasteiger partial charge in [0, 0.05) is 16.3 Å². The van der Waals surface area contributed by atoms with Gasteiger partial charge >= 0.3 is 0 Å². The number of aliphatic hydroxyl groups excluding tert-OH is 1. The first-order valence-corrected chi connectivity index (χ1v) is 12.3. The van der Waals surface area contributed by atoms with Crippen LogP contribution in [0, 0.1) is 0 Å². The molecule has 1 atom stereocenters. The average molecular weight is 522 g/mol. The summed E-state index contributed by atoms with van der Waals surface area (Å²) in [7, 11) is 1.53. The quantitative estimate of drug-likeness (QED) is 0.217. The monoisotopic (exact) mass is 521 g/mol. The Morgan fingerprint density at radius 2 is 1.76 bits per heavy atom. The predicted molar refractivity (Wildman–Crippen MR) is 143 cm³/mol. The Labute approximate surface area is 220 Å². The molecule has 0 radical (unpaired) electrons. The van der Waals surface area contributed by atoms with Gasteiger partial charge in [0.05, 0.1) is 31.4 Å². The molecule has 1 heterocycles. The second kappa shape index (κ2) is 11.0. The summed E-state index contributed by atoms with van der Waals surface area (Å²) in [4.78, 5) is 28.1. The lowest BCUT2D eigenvalue weighted by molar-refractivity contribution is -0.132. The minimum absolute atomic E-state index is 0.0166. The molecule has 3 aromatic rings. The number of anilines is 1. The number of ketones is 1. The molecule has 1 fully saturated rings. The van der Waals surface area contributed by atoms with E-state index in [9.17, 15) is 14.7 Å². The molecule has 0 aromatic heterocycles. The maximum Gasteiger partial charge on any atom is 0.300 e. The van der Waals surface area contributed by atoms with Crippen molar-refractivity contribution in [2.24, 2.45) is 0 Å². The van der Waals surface area contributed by atoms with Gasteiger partial charge in [0.15, 0.2) is 11.5 Å². The standard InChI is InChI=1S/C29H28ClNO6/c1-5-36-24-15-19(11-14-23(24)35-4)26-25(27(32)18-9-12-22(13-10-18)37-17(2)3)28(33)29(34)31(26)21-8-6-7-20(30)16-21/h6-17,26,32H,5H2,1-4H3/b27-25-. The van der Waals surface area contributed by atoms with E-state index in [1.165, 1.54) is 12.0 Å². The van der Waals surface area contributed by atoms with Crippen LogP contribution >= 0.6 is 11.6 Å². The van der Waals surface area contributed by atoms with Crippen LogP contribution in [0.15, 0.2) is 72.3 Å². The van der Waals surface area contributed by atoms with Crippen molar-refractivity contribution < 1.29 is 28.9 Å². The molecule has 3 aromatic carbocycles. The zero-order valence-electron chi connectivity index (χ0n) is 21.0. The first kappa shape index (κ1) is 26.1. The van der Waals surface area contributed by atoms with E-state index in [1.54, 1.807) is 66.7 Å². The number of benzene rings is 3. The second-order valence-electron chi connectivity index (χ2n) is 8.68. The maximum absolute atomic E-state index is 13.4. The van der Waals surface area contributed by atoms with Crippen LogP contribution in [0.4, 0.5) is 5.69 Å². The molecule has 4 rings (SSSR count). The third-order valence-corrected chi connectivity index (χ3v) is 6.07. The highest BCUT2D eigenvalue weighted by molar-refractivity contribution is 6.51. The number of carbonyl (C=O) groups excluding carboxylic acids is 2. The summed E-state index contributed by atoms with van der Waals surface area (Å²) >= 11 is 6.22. The number of rotatable bonds is 8. The number of hydrogen-bond acceptors (Lipinski definition) is 6. The number of ether oxygens (including phenoxy) is 3. The van der Waals surface area contributed by atoms with Crippen molar-refractivity contribution in [1.29, 1.82) is 0 Å². The second-order valence-corrected chi connectivity index (χ2v) is 9.12. The highest BCUT2D eigenvalue weighted by Gasteiger charge is 2.47. The summed E-state index contributed by atoms with van der Waals surface area (Å²) in [6, 6.07) is 17.6. The molecule has 8 heteroatoms. The number of hydrogen-bond donors (Lipinski definition) is 1. The van der Waals surface area contributed by atoms with Crippen molar-refractivity contribution >= 4 is 34.7 Å². The number of aliphatic hydroxyl groups is 1. The van der Waals surface area contributed by atoms with Crippen LogP contribution in [0.25, 0.3) is 5.76 Å². The van der Waals surface area contributed by atoms with Crippen LogP contribution in [0.1, 0.15) is 37.9 Å². The molecular weight excluding hydrogens is 494 g/mol. The lowest BCUT2D eigenvalue weighted by atomic mass is 9.94. The van der Waals surface area contributed by atoms with Crippen molar-refractivity contribution in [3.63, 3.8) is 0 Å². The van der Waals surface area contributed by atoms with Gasteiger partial charge in [-0.2, -0.15) is 0 Å². The molecule has 0 bridgehead atoms. The molecule has 1 N–H and O–H groups in total. The smallest absolute Gasteiger partial charge is 0.300 e. The van der Waals surface area contributed by atoms with Gasteiger partial charge in [0.2, 0.25) is 0 Å². The Balaban J connectivity index is 1.90. The topological polar surface area (TPSA) is 85.3 Å². The van der Waals surface area contributed by atoms with Crippen LogP contribution in [0.2, 0.25) is 5.02 Å². The van der Waals surface area contributed by atoms with E-state index in [1.807, 2.05) is 20.8 Å². The van der Waals surface area contributed by atoms with E-state index < -0.39 is 17.7 Å². The fourth-order valence-corrected chi connectivity index (χ4v) is 4.48. The van der Waals surface area contributed by atoms with E-state index in [0.29, 0.717) is 45.7 Å². The summed E-state index contributed by atoms with van der Waals surface area (Å²) in [5.41, 5.74) is 1.32. The summed E-state index contributed by atoms with van der Waals surface area (Å²) in [5.74, 6) is -0.293. The Morgan fingerprint density at radius 3 is 2.38 bits per heavy atom. The van der Waals surface area contributed by atoms with Crippen LogP contribution in [0.5, 0.6) is 17.2 Å². The number of Topliss-reactive ketones (excluding diaryl/α,β-unsaturated/α-hetero) is 1. The molecule has 1 amide bonds. The zero-order chi connectivity index (χ0) is 26.7. The molecule has 192 valence electrons. The Kier molecular flexibility index (Phi) is 7.74. The van der Waals surface area contributed by atoms with Crippen molar-refractivity contribution in [2.45, 2.75) is 32.9 Å². The zero-order valence-corrected chi connectivity index (χ0v) is 21.8. The Hall–Kier alpha value is -3.97. The number of halogens is 1. The number of nitrogens with zero attached hydrogens (tertiary/aromatic N) is 1. The third kappa shape index (κ3) is 5.27. The average Bonchev–Trinajstić information content (AvgIpc) is 3.14. The largest absolute Gasteiger partial charge is 0.507 e. The van der Waals surface area contributed by atoms with E-state index in [-0.39, 0.29) is 17.4 Å². The summed E-state index contributed by atoms with van der Waals surface area (Å²) < 4.78 is 16.8. The minimum atomic E-state index is -0.935. The number of carbonyl (C=O) groups is 2. The highest BCUT2D eigenvalue weighted by atomic mass is 35.5. The van der Waals surface area contributed by atoms with Gasteiger partial charge in [-0.1, -0.05) is 23.7 Å². The van der Waals surface area contributed by atoms with Gasteiger partial charge < -0.3 is 19.3 Å². The van der Waals surface area contributed by atoms with E-state index in [2.05, 4.69) is 0 Å². The molecule has 1 unspecified atom stereocenters. The van der Waals surface area contributed by atoms with Gasteiger partial charge in [0.1, 0.15) is 11.5 Å². The first-order valence-electron chi connectivity index (χ1n) is 11.9. The molecular formula is C29H28ClNO6. The summed E-state index contributed by atoms with van der Waals surface area (Å²) in [5, 5.41) is 11.8. The van der Waals surface area contributed by atoms with Crippen molar-refractivity contribution in [3.8, 4) is 17.2 Å². The van der Waals surface area contributed by atoms with Gasteiger partial charge in [-0.05, 0) is 80.9 Å². The lowest BCUT2D eigenvalue weighted by Crippen LogP contribution is -2.29. The Morgan fingerprint density at radius 1 is 1.03 bits per heavy atom. The van der Waals surface area contributed by atoms with Gasteiger partial charge in [0.25, 0.3) is 11.7 Å². The Bertz CT molecular complexity index is 1350. The molecule has 0 aliphatic carbocycles. The lowest BCUT2D eigenvalue weighted by Gasteiger charge is -2.26. The SMILES string of the molecule is CCOc1cc(C2/C(=C(/O)c3ccc(OC(C)C)cc3)C(=O)C(=O)N2c2cccc(Cl)c2)ccc1OC. The highest BCUT2D eigenvalue weighted by Crippen LogP contribution is 2.44. The fourth-order valence-electron chi connectivity index (χ4n) is 4.29. The van der Waals surface area contributed by atoms with Gasteiger partial charge in [-0.15, -0.1) is 0 Å². The van der Waals surface area contributed by atoms with Crippen molar-refractivity contribution in [3.05, 3.63) is 88.5 Å². The van der Waals surface area contributed by atoms with Crippen molar-refractivity contribution in [2.75, 3.05) is 18.6 Å². The molecule has 37 heavy (non-hydrogen) atoms. The fraction of sp³-hybridized carbons (Fsp3) is 0.241. The molecule has 1 aliphatic heterocycles. The first-order chi connectivity index (χ1) is 17.7. The molecule has 0 spiro atoms. The van der Waals surface area contributed by atoms with Gasteiger partial charge in [-0.3, -0.25) is 14.5 Å². The molecule has 7 nitrogen and oxygen atoms in total. The predicted octanol–water partition coefficient (Wildman–Crippen LogP) is 6.16. The number of amides is 1. The van der Waals surface area contributed by atoms with E-state index >= 15 is 0 Å². The van der Waals surface area contributed by atoms with Crippen molar-refractivity contribution in [1.82, 2.24) is 0 Å². The van der Waals surface area contributed by atoms with Crippen LogP contribution < -0.4 is 19.1 Å². The van der Waals surface area contributed by atoms with Crippen LogP contribution in [-0.4, -0.2) is 36.6 Å². The maximum atomic E-state index is 13.4. The third-order valence-electron chi connectivity index (χ3n) is 5.83. The van der Waals surface area contributed by atoms with E-state index in [4.69, 9.17) is 25.8 Å². The molecule has 1 saturated heterocycles. The van der Waals surface area contributed by atoms with Crippen LogP contribution in [-0.2, 0) is 9.59 Å². The van der Waals surface area contributed by atoms with Crippen LogP contribution in [0.3, 0.4) is 0 Å². The van der Waals surface area contributed by atoms with E-state index in [0.717, 1.165) is 0 Å².